The number of hydrogen-bond acceptors (Lipinski definition) is 5. The van der Waals surface area contributed by atoms with E-state index in [4.69, 9.17) is 5.11 Å². The summed E-state index contributed by atoms with van der Waals surface area (Å²) >= 11 is 0. The van der Waals surface area contributed by atoms with Crippen molar-refractivity contribution in [2.75, 3.05) is 0 Å². The molecule has 0 unspecified atom stereocenters. The number of nitro groups is 1. The summed E-state index contributed by atoms with van der Waals surface area (Å²) in [6.07, 6.45) is 2.14. The van der Waals surface area contributed by atoms with E-state index < -0.39 is 22.4 Å². The number of carboxylic acid groups (broad SMARTS) is 1. The van der Waals surface area contributed by atoms with E-state index in [0.29, 0.717) is 0 Å². The molecule has 0 radical (unpaired) electrons. The average molecular weight is 169 g/mol. The van der Waals surface area contributed by atoms with Gasteiger partial charge in [0.05, 0.1) is 6.20 Å². The van der Waals surface area contributed by atoms with Gasteiger partial charge in [-0.3, -0.25) is 0 Å². The highest BCUT2D eigenvalue weighted by Crippen LogP contribution is 2.09. The first kappa shape index (κ1) is 8.05. The zero-order valence-corrected chi connectivity index (χ0v) is 5.67. The highest BCUT2D eigenvalue weighted by molar-refractivity contribution is 5.88. The minimum atomic E-state index is -1.46. The molecule has 0 aliphatic carbocycles. The highest BCUT2D eigenvalue weighted by Gasteiger charge is 2.21. The Morgan fingerprint density at radius 2 is 2.08 bits per heavy atom. The van der Waals surface area contributed by atoms with Crippen molar-refractivity contribution in [3.63, 3.8) is 0 Å². The number of carbonyl (C=O) groups is 1. The van der Waals surface area contributed by atoms with Crippen molar-refractivity contribution in [1.29, 1.82) is 0 Å². The van der Waals surface area contributed by atoms with E-state index in [1.54, 1.807) is 0 Å². The van der Waals surface area contributed by atoms with E-state index >= 15 is 0 Å². The topological polar surface area (TPSA) is 106 Å². The van der Waals surface area contributed by atoms with E-state index in [1.165, 1.54) is 0 Å². The molecule has 0 spiro atoms. The molecule has 0 amide bonds. The Morgan fingerprint density at radius 3 is 2.50 bits per heavy atom. The Morgan fingerprint density at radius 1 is 1.50 bits per heavy atom. The van der Waals surface area contributed by atoms with E-state index in [9.17, 15) is 14.9 Å². The SMILES string of the molecule is O=C(O)c1nccnc1[N+](=O)[O-]. The molecule has 1 rings (SSSR count). The van der Waals surface area contributed by atoms with E-state index in [1.807, 2.05) is 0 Å². The third kappa shape index (κ3) is 1.34. The molecule has 0 aromatic carbocycles. The molecule has 7 heteroatoms. The molecule has 0 aliphatic heterocycles. The maximum Gasteiger partial charge on any atom is 0.397 e. The zero-order chi connectivity index (χ0) is 9.14. The summed E-state index contributed by atoms with van der Waals surface area (Å²) in [5.74, 6) is -2.21. The molecule has 1 heterocycles. The van der Waals surface area contributed by atoms with Crippen molar-refractivity contribution < 1.29 is 14.8 Å². The van der Waals surface area contributed by atoms with Crippen molar-refractivity contribution in [3.05, 3.63) is 28.2 Å². The van der Waals surface area contributed by atoms with Crippen LogP contribution >= 0.6 is 0 Å². The van der Waals surface area contributed by atoms with Crippen LogP contribution in [0.25, 0.3) is 0 Å². The number of aromatic nitrogens is 2. The number of aromatic carboxylic acids is 1. The summed E-state index contributed by atoms with van der Waals surface area (Å²) in [6, 6.07) is 0. The summed E-state index contributed by atoms with van der Waals surface area (Å²) < 4.78 is 0. The fourth-order valence-corrected chi connectivity index (χ4v) is 0.615. The molecule has 0 aliphatic rings. The van der Waals surface area contributed by atoms with Gasteiger partial charge in [0.15, 0.2) is 6.20 Å². The summed E-state index contributed by atoms with van der Waals surface area (Å²) in [5, 5.41) is 18.6. The van der Waals surface area contributed by atoms with Crippen molar-refractivity contribution in [2.24, 2.45) is 0 Å². The molecule has 0 saturated heterocycles. The van der Waals surface area contributed by atoms with Crippen molar-refractivity contribution in [2.45, 2.75) is 0 Å². The second-order valence-electron chi connectivity index (χ2n) is 1.79. The first-order valence-electron chi connectivity index (χ1n) is 2.81. The quantitative estimate of drug-likeness (QED) is 0.496. The van der Waals surface area contributed by atoms with Crippen LogP contribution in [0, 0.1) is 10.1 Å². The van der Waals surface area contributed by atoms with Gasteiger partial charge in [0.2, 0.25) is 5.69 Å². The van der Waals surface area contributed by atoms with Gasteiger partial charge >= 0.3 is 11.8 Å². The Hall–Kier alpha value is -2.05. The second-order valence-corrected chi connectivity index (χ2v) is 1.79. The van der Waals surface area contributed by atoms with Gasteiger partial charge in [0, 0.05) is 0 Å². The smallest absolute Gasteiger partial charge is 0.397 e. The van der Waals surface area contributed by atoms with Crippen LogP contribution in [0.2, 0.25) is 0 Å². The predicted molar refractivity (Wildman–Crippen MR) is 35.6 cm³/mol. The zero-order valence-electron chi connectivity index (χ0n) is 5.67. The standard InChI is InChI=1S/C5H3N3O4/c9-5(10)3-4(8(11)12)7-2-1-6-3/h1-2H,(H,9,10). The molecule has 1 N–H and O–H groups in total. The maximum absolute atomic E-state index is 10.3. The van der Waals surface area contributed by atoms with Gasteiger partial charge in [-0.1, -0.05) is 0 Å². The molecule has 0 saturated carbocycles. The van der Waals surface area contributed by atoms with Gasteiger partial charge < -0.3 is 15.2 Å². The van der Waals surface area contributed by atoms with E-state index in [-0.39, 0.29) is 0 Å². The molecule has 1 aromatic rings. The summed E-state index contributed by atoms with van der Waals surface area (Å²) in [4.78, 5) is 26.1. The molecule has 0 bridgehead atoms. The Kier molecular flexibility index (Phi) is 1.95. The number of rotatable bonds is 2. The van der Waals surface area contributed by atoms with Gasteiger partial charge in [0.1, 0.15) is 0 Å². The first-order valence-corrected chi connectivity index (χ1v) is 2.81. The lowest BCUT2D eigenvalue weighted by Crippen LogP contribution is -2.06. The lowest BCUT2D eigenvalue weighted by atomic mass is 10.4. The third-order valence-corrected chi connectivity index (χ3v) is 1.05. The molecule has 12 heavy (non-hydrogen) atoms. The number of nitrogens with zero attached hydrogens (tertiary/aromatic N) is 3. The van der Waals surface area contributed by atoms with Crippen LogP contribution in [0.15, 0.2) is 12.4 Å². The molecule has 7 nitrogen and oxygen atoms in total. The lowest BCUT2D eigenvalue weighted by molar-refractivity contribution is -0.390. The fourth-order valence-electron chi connectivity index (χ4n) is 0.615. The second kappa shape index (κ2) is 2.91. The molecular formula is C5H3N3O4. The van der Waals surface area contributed by atoms with Crippen LogP contribution in [0.3, 0.4) is 0 Å². The molecule has 1 aromatic heterocycles. The van der Waals surface area contributed by atoms with Crippen LogP contribution in [0.4, 0.5) is 5.82 Å². The largest absolute Gasteiger partial charge is 0.476 e. The number of hydrogen-bond donors (Lipinski definition) is 1. The summed E-state index contributed by atoms with van der Waals surface area (Å²) in [7, 11) is 0. The van der Waals surface area contributed by atoms with Crippen LogP contribution < -0.4 is 0 Å². The van der Waals surface area contributed by atoms with Gasteiger partial charge in [-0.15, -0.1) is 0 Å². The van der Waals surface area contributed by atoms with Crippen LogP contribution in [-0.2, 0) is 0 Å². The van der Waals surface area contributed by atoms with Gasteiger partial charge in [-0.25, -0.2) is 9.78 Å². The van der Waals surface area contributed by atoms with E-state index in [0.717, 1.165) is 12.4 Å². The Labute approximate surface area is 65.8 Å². The maximum atomic E-state index is 10.3. The van der Waals surface area contributed by atoms with Gasteiger partial charge in [-0.05, 0) is 9.91 Å². The summed E-state index contributed by atoms with van der Waals surface area (Å²) in [6.45, 7) is 0. The minimum absolute atomic E-state index is 0.650. The molecule has 0 fully saturated rings. The lowest BCUT2D eigenvalue weighted by Gasteiger charge is -1.93. The average Bonchev–Trinajstić information content (AvgIpc) is 2.04. The summed E-state index contributed by atoms with van der Waals surface area (Å²) in [5.41, 5.74) is -0.650. The Bertz CT molecular complexity index is 304. The fraction of sp³-hybridized carbons (Fsp3) is 0. The van der Waals surface area contributed by atoms with Gasteiger partial charge in [0.25, 0.3) is 0 Å². The Balaban J connectivity index is 3.27. The van der Waals surface area contributed by atoms with Crippen LogP contribution in [0.5, 0.6) is 0 Å². The number of carboxylic acids is 1. The first-order chi connectivity index (χ1) is 5.63. The van der Waals surface area contributed by atoms with Crippen molar-refractivity contribution in [1.82, 2.24) is 9.97 Å². The normalized spacial score (nSPS) is 9.33. The van der Waals surface area contributed by atoms with Gasteiger partial charge in [-0.2, -0.15) is 0 Å². The monoisotopic (exact) mass is 169 g/mol. The highest BCUT2D eigenvalue weighted by atomic mass is 16.6. The molecule has 0 atom stereocenters. The molecule has 62 valence electrons. The molecular weight excluding hydrogens is 166 g/mol. The third-order valence-electron chi connectivity index (χ3n) is 1.05. The minimum Gasteiger partial charge on any atom is -0.476 e. The van der Waals surface area contributed by atoms with E-state index in [2.05, 4.69) is 9.97 Å². The van der Waals surface area contributed by atoms with Crippen LogP contribution in [-0.4, -0.2) is 26.0 Å². The predicted octanol–water partition coefficient (Wildman–Crippen LogP) is 0.0830. The van der Waals surface area contributed by atoms with Crippen molar-refractivity contribution >= 4 is 11.8 Å². The van der Waals surface area contributed by atoms with Crippen molar-refractivity contribution in [3.8, 4) is 0 Å². The van der Waals surface area contributed by atoms with Crippen LogP contribution in [0.1, 0.15) is 10.5 Å².